The number of imide groups is 1. The van der Waals surface area contributed by atoms with Gasteiger partial charge in [0.15, 0.2) is 0 Å². The van der Waals surface area contributed by atoms with Crippen molar-refractivity contribution in [3.8, 4) is 0 Å². The van der Waals surface area contributed by atoms with Gasteiger partial charge in [0.1, 0.15) is 0 Å². The summed E-state index contributed by atoms with van der Waals surface area (Å²) in [5.41, 5.74) is -1.29. The van der Waals surface area contributed by atoms with E-state index in [0.717, 1.165) is 32.1 Å². The molecule has 32 heavy (non-hydrogen) atoms. The first kappa shape index (κ1) is 26.9. The lowest BCUT2D eigenvalue weighted by molar-refractivity contribution is -0.155. The topological polar surface area (TPSA) is 66.5 Å². The van der Waals surface area contributed by atoms with Crippen LogP contribution in [-0.2, 0) is 14.4 Å². The summed E-state index contributed by atoms with van der Waals surface area (Å²) in [4.78, 5) is 39.8. The average Bonchev–Trinajstić information content (AvgIpc) is 2.95. The first-order valence-corrected chi connectivity index (χ1v) is 13.1. The van der Waals surface area contributed by atoms with Gasteiger partial charge in [-0.3, -0.25) is 19.7 Å². The zero-order chi connectivity index (χ0) is 24.0. The molecule has 0 aromatic carbocycles. The monoisotopic (exact) mass is 448 g/mol. The molecule has 0 aromatic rings. The number of likely N-dealkylation sites (tertiary alicyclic amines) is 1. The summed E-state index contributed by atoms with van der Waals surface area (Å²) in [6, 6.07) is 0. The van der Waals surface area contributed by atoms with Gasteiger partial charge in [-0.1, -0.05) is 71.1 Å². The third-order valence-electron chi connectivity index (χ3n) is 7.96. The zero-order valence-corrected chi connectivity index (χ0v) is 21.6. The van der Waals surface area contributed by atoms with Crippen molar-refractivity contribution in [2.24, 2.45) is 11.3 Å². The molecule has 2 aliphatic heterocycles. The first-order valence-electron chi connectivity index (χ1n) is 13.1. The SMILES string of the molecule is CCCCCCCCCCCCC1(C2CC(C)(C)N(C(C)=O)C(C)(C)C2)CC(=O)NC1=O. The molecule has 0 spiro atoms. The predicted octanol–water partition coefficient (Wildman–Crippen LogP) is 6.15. The smallest absolute Gasteiger partial charge is 0.233 e. The number of piperidine rings is 1. The number of carbonyl (C=O) groups is 3. The van der Waals surface area contributed by atoms with Crippen molar-refractivity contribution in [2.75, 3.05) is 0 Å². The molecule has 2 saturated heterocycles. The molecular formula is C27H48N2O3. The van der Waals surface area contributed by atoms with Crippen molar-refractivity contribution in [1.29, 1.82) is 0 Å². The molecule has 2 rings (SSSR count). The number of carbonyl (C=O) groups excluding carboxylic acids is 3. The van der Waals surface area contributed by atoms with E-state index in [0.29, 0.717) is 6.42 Å². The van der Waals surface area contributed by atoms with Crippen molar-refractivity contribution in [3.63, 3.8) is 0 Å². The number of nitrogens with one attached hydrogen (secondary N) is 1. The van der Waals surface area contributed by atoms with Gasteiger partial charge in [0.25, 0.3) is 0 Å². The number of hydrogen-bond donors (Lipinski definition) is 1. The van der Waals surface area contributed by atoms with Crippen molar-refractivity contribution in [2.45, 2.75) is 143 Å². The van der Waals surface area contributed by atoms with Crippen LogP contribution in [0.25, 0.3) is 0 Å². The summed E-state index contributed by atoms with van der Waals surface area (Å²) in [7, 11) is 0. The Balaban J connectivity index is 1.98. The number of nitrogens with zero attached hydrogens (tertiary/aromatic N) is 1. The zero-order valence-electron chi connectivity index (χ0n) is 21.6. The number of amides is 3. The van der Waals surface area contributed by atoms with Crippen LogP contribution in [0.15, 0.2) is 0 Å². The number of rotatable bonds is 12. The summed E-state index contributed by atoms with van der Waals surface area (Å²) in [6.45, 7) is 12.3. The van der Waals surface area contributed by atoms with Gasteiger partial charge in [-0.05, 0) is 52.9 Å². The fourth-order valence-corrected chi connectivity index (χ4v) is 6.85. The minimum atomic E-state index is -0.616. The molecule has 1 N–H and O–H groups in total. The quantitative estimate of drug-likeness (QED) is 0.288. The fourth-order valence-electron chi connectivity index (χ4n) is 6.85. The lowest BCUT2D eigenvalue weighted by Crippen LogP contribution is -2.64. The molecule has 0 bridgehead atoms. The predicted molar refractivity (Wildman–Crippen MR) is 130 cm³/mol. The summed E-state index contributed by atoms with van der Waals surface area (Å²) in [5.74, 6) is -0.0275. The van der Waals surface area contributed by atoms with E-state index in [2.05, 4.69) is 39.9 Å². The van der Waals surface area contributed by atoms with Crippen molar-refractivity contribution in [3.05, 3.63) is 0 Å². The van der Waals surface area contributed by atoms with Crippen molar-refractivity contribution >= 4 is 17.7 Å². The van der Waals surface area contributed by atoms with Gasteiger partial charge >= 0.3 is 0 Å². The molecule has 1 atom stereocenters. The van der Waals surface area contributed by atoms with E-state index in [1.807, 2.05) is 4.90 Å². The van der Waals surface area contributed by atoms with E-state index in [-0.39, 0.29) is 34.7 Å². The van der Waals surface area contributed by atoms with Gasteiger partial charge in [-0.2, -0.15) is 0 Å². The highest BCUT2D eigenvalue weighted by molar-refractivity contribution is 6.06. The van der Waals surface area contributed by atoms with Gasteiger partial charge in [0, 0.05) is 24.4 Å². The maximum atomic E-state index is 13.1. The Hall–Kier alpha value is -1.39. The van der Waals surface area contributed by atoms with E-state index in [1.54, 1.807) is 6.92 Å². The van der Waals surface area contributed by atoms with Gasteiger partial charge in [0.05, 0.1) is 5.41 Å². The lowest BCUT2D eigenvalue weighted by Gasteiger charge is -2.57. The Labute approximate surface area is 196 Å². The third kappa shape index (κ3) is 6.35. The molecule has 184 valence electrons. The molecule has 5 nitrogen and oxygen atoms in total. The minimum Gasteiger partial charge on any atom is -0.333 e. The van der Waals surface area contributed by atoms with Crippen LogP contribution in [-0.4, -0.2) is 33.7 Å². The summed E-state index contributed by atoms with van der Waals surface area (Å²) in [6.07, 6.45) is 15.2. The summed E-state index contributed by atoms with van der Waals surface area (Å²) < 4.78 is 0. The molecule has 5 heteroatoms. The van der Waals surface area contributed by atoms with Crippen LogP contribution in [0.2, 0.25) is 0 Å². The molecule has 0 radical (unpaired) electrons. The molecule has 3 amide bonds. The maximum absolute atomic E-state index is 13.1. The van der Waals surface area contributed by atoms with Crippen LogP contribution in [0, 0.1) is 11.3 Å². The Morgan fingerprint density at radius 2 is 1.34 bits per heavy atom. The van der Waals surface area contributed by atoms with Crippen LogP contribution in [0.1, 0.15) is 131 Å². The lowest BCUT2D eigenvalue weighted by atomic mass is 9.60. The fraction of sp³-hybridized carbons (Fsp3) is 0.889. The van der Waals surface area contributed by atoms with Gasteiger partial charge in [0.2, 0.25) is 17.7 Å². The molecule has 0 aromatic heterocycles. The van der Waals surface area contributed by atoms with Gasteiger partial charge in [-0.15, -0.1) is 0 Å². The van der Waals surface area contributed by atoms with Crippen LogP contribution in [0.4, 0.5) is 0 Å². The van der Waals surface area contributed by atoms with Gasteiger partial charge < -0.3 is 4.90 Å². The minimum absolute atomic E-state index is 0.0775. The van der Waals surface area contributed by atoms with Crippen LogP contribution in [0.3, 0.4) is 0 Å². The van der Waals surface area contributed by atoms with E-state index >= 15 is 0 Å². The Morgan fingerprint density at radius 3 is 1.75 bits per heavy atom. The van der Waals surface area contributed by atoms with Crippen LogP contribution in [0.5, 0.6) is 0 Å². The second kappa shape index (κ2) is 11.2. The Morgan fingerprint density at radius 1 is 0.875 bits per heavy atom. The number of hydrogen-bond acceptors (Lipinski definition) is 3. The second-order valence-electron chi connectivity index (χ2n) is 11.7. The van der Waals surface area contributed by atoms with E-state index < -0.39 is 5.41 Å². The molecule has 2 heterocycles. The highest BCUT2D eigenvalue weighted by atomic mass is 16.2. The van der Waals surface area contributed by atoms with Crippen molar-refractivity contribution < 1.29 is 14.4 Å². The summed E-state index contributed by atoms with van der Waals surface area (Å²) in [5, 5.41) is 2.62. The summed E-state index contributed by atoms with van der Waals surface area (Å²) >= 11 is 0. The van der Waals surface area contributed by atoms with Crippen LogP contribution < -0.4 is 5.32 Å². The molecule has 0 saturated carbocycles. The molecular weight excluding hydrogens is 400 g/mol. The van der Waals surface area contributed by atoms with Crippen LogP contribution >= 0.6 is 0 Å². The number of unbranched alkanes of at least 4 members (excludes halogenated alkanes) is 9. The van der Waals surface area contributed by atoms with E-state index in [9.17, 15) is 14.4 Å². The van der Waals surface area contributed by atoms with E-state index in [4.69, 9.17) is 0 Å². The first-order chi connectivity index (χ1) is 15.0. The molecule has 1 unspecified atom stereocenters. The maximum Gasteiger partial charge on any atom is 0.233 e. The third-order valence-corrected chi connectivity index (χ3v) is 7.96. The normalized spacial score (nSPS) is 25.2. The Bertz CT molecular complexity index is 652. The molecule has 0 aliphatic carbocycles. The molecule has 2 aliphatic rings. The second-order valence-corrected chi connectivity index (χ2v) is 11.7. The van der Waals surface area contributed by atoms with Crippen molar-refractivity contribution in [1.82, 2.24) is 10.2 Å². The Kier molecular flexibility index (Phi) is 9.36. The highest BCUT2D eigenvalue weighted by Crippen LogP contribution is 2.52. The standard InChI is InChI=1S/C27H48N2O3/c1-7-8-9-10-11-12-13-14-15-16-17-27(20-23(31)28-24(27)32)22-18-25(3,4)29(21(2)30)26(5,6)19-22/h22H,7-20H2,1-6H3,(H,28,31,32). The largest absolute Gasteiger partial charge is 0.333 e. The van der Waals surface area contributed by atoms with E-state index in [1.165, 1.54) is 51.4 Å². The highest BCUT2D eigenvalue weighted by Gasteiger charge is 2.57. The van der Waals surface area contributed by atoms with Gasteiger partial charge in [-0.25, -0.2) is 0 Å². The average molecular weight is 449 g/mol. The molecule has 2 fully saturated rings.